The molecular formula is C33H61O3P. The number of benzene rings is 1. The first-order valence-electron chi connectivity index (χ1n) is 16.1. The first-order chi connectivity index (χ1) is 18.1. The molecule has 4 heteroatoms. The summed E-state index contributed by atoms with van der Waals surface area (Å²) in [4.78, 5) is 19.3. The van der Waals surface area contributed by atoms with Gasteiger partial charge in [0.05, 0.1) is 0 Å². The highest BCUT2D eigenvalue weighted by molar-refractivity contribution is 7.39. The lowest BCUT2D eigenvalue weighted by molar-refractivity contribution is 0.372. The highest BCUT2D eigenvalue weighted by Crippen LogP contribution is 2.37. The van der Waals surface area contributed by atoms with E-state index in [1.807, 2.05) is 6.07 Å². The van der Waals surface area contributed by atoms with Crippen LogP contribution in [0.3, 0.4) is 0 Å². The summed E-state index contributed by atoms with van der Waals surface area (Å²) in [6, 6.07) is 4.24. The number of rotatable bonds is 26. The van der Waals surface area contributed by atoms with Crippen LogP contribution in [0, 0.1) is 0 Å². The Morgan fingerprint density at radius 2 is 0.865 bits per heavy atom. The SMILES string of the molecule is CCCCCCCCCc1ccc(OP(O)O)c(CCCCCCCCC)c1CCCCCCCCC. The molecule has 0 heterocycles. The van der Waals surface area contributed by atoms with Crippen molar-refractivity contribution in [3.63, 3.8) is 0 Å². The maximum absolute atomic E-state index is 9.66. The van der Waals surface area contributed by atoms with E-state index in [9.17, 15) is 9.79 Å². The summed E-state index contributed by atoms with van der Waals surface area (Å²) in [5.74, 6) is 0.711. The molecule has 0 aliphatic heterocycles. The van der Waals surface area contributed by atoms with Gasteiger partial charge < -0.3 is 14.3 Å². The molecule has 0 atom stereocenters. The fourth-order valence-corrected chi connectivity index (χ4v) is 5.85. The van der Waals surface area contributed by atoms with E-state index in [0.717, 1.165) is 25.7 Å². The summed E-state index contributed by atoms with van der Waals surface area (Å²) < 4.78 is 5.58. The topological polar surface area (TPSA) is 49.7 Å². The van der Waals surface area contributed by atoms with Crippen molar-refractivity contribution >= 4 is 8.60 Å². The van der Waals surface area contributed by atoms with Crippen LogP contribution in [0.5, 0.6) is 5.75 Å². The van der Waals surface area contributed by atoms with Crippen LogP contribution in [0.2, 0.25) is 0 Å². The zero-order valence-electron chi connectivity index (χ0n) is 24.9. The monoisotopic (exact) mass is 536 g/mol. The summed E-state index contributed by atoms with van der Waals surface area (Å²) in [6.07, 6.45) is 30.8. The lowest BCUT2D eigenvalue weighted by Gasteiger charge is -2.20. The standard InChI is InChI=1S/C33H61O3P/c1-4-7-10-13-16-19-22-25-30-28-29-33(36-37(34)35)32(27-24-21-18-15-12-9-6-3)31(30)26-23-20-17-14-11-8-5-2/h28-29,34-35H,4-27H2,1-3H3. The Morgan fingerprint density at radius 1 is 0.486 bits per heavy atom. The summed E-state index contributed by atoms with van der Waals surface area (Å²) in [5.41, 5.74) is 4.19. The Labute approximate surface area is 232 Å². The van der Waals surface area contributed by atoms with Gasteiger partial charge in [-0.3, -0.25) is 0 Å². The van der Waals surface area contributed by atoms with Crippen LogP contribution in [0.15, 0.2) is 12.1 Å². The molecule has 0 aliphatic rings. The summed E-state index contributed by atoms with van der Waals surface area (Å²) in [6.45, 7) is 6.82. The van der Waals surface area contributed by atoms with E-state index in [-0.39, 0.29) is 0 Å². The van der Waals surface area contributed by atoms with Gasteiger partial charge in [-0.05, 0) is 61.3 Å². The fourth-order valence-electron chi connectivity index (χ4n) is 5.50. The van der Waals surface area contributed by atoms with Crippen LogP contribution in [-0.2, 0) is 19.3 Å². The molecule has 37 heavy (non-hydrogen) atoms. The van der Waals surface area contributed by atoms with Gasteiger partial charge in [0.1, 0.15) is 5.75 Å². The molecule has 0 saturated carbocycles. The van der Waals surface area contributed by atoms with Crippen LogP contribution >= 0.6 is 8.60 Å². The second-order valence-corrected chi connectivity index (χ2v) is 11.8. The van der Waals surface area contributed by atoms with E-state index in [0.29, 0.717) is 5.75 Å². The second kappa shape index (κ2) is 24.4. The van der Waals surface area contributed by atoms with Crippen molar-refractivity contribution in [2.24, 2.45) is 0 Å². The average molecular weight is 537 g/mol. The summed E-state index contributed by atoms with van der Waals surface area (Å²) >= 11 is 0. The Morgan fingerprint density at radius 3 is 1.30 bits per heavy atom. The van der Waals surface area contributed by atoms with E-state index >= 15 is 0 Å². The zero-order valence-corrected chi connectivity index (χ0v) is 25.8. The second-order valence-electron chi connectivity index (χ2n) is 11.1. The molecule has 1 aromatic carbocycles. The van der Waals surface area contributed by atoms with Crippen LogP contribution in [0.1, 0.15) is 172 Å². The van der Waals surface area contributed by atoms with Crippen LogP contribution in [-0.4, -0.2) is 9.79 Å². The molecule has 1 aromatic rings. The van der Waals surface area contributed by atoms with Crippen LogP contribution in [0.4, 0.5) is 0 Å². The predicted octanol–water partition coefficient (Wildman–Crippen LogP) is 11.2. The number of unbranched alkanes of at least 4 members (excludes halogenated alkanes) is 18. The van der Waals surface area contributed by atoms with Crippen molar-refractivity contribution in [2.45, 2.75) is 175 Å². The third kappa shape index (κ3) is 17.6. The third-order valence-electron chi connectivity index (χ3n) is 7.78. The molecule has 0 unspecified atom stereocenters. The zero-order chi connectivity index (χ0) is 27.0. The van der Waals surface area contributed by atoms with Gasteiger partial charge in [-0.15, -0.1) is 0 Å². The van der Waals surface area contributed by atoms with Gasteiger partial charge in [-0.2, -0.15) is 0 Å². The Balaban J connectivity index is 2.84. The molecule has 216 valence electrons. The largest absolute Gasteiger partial charge is 0.427 e. The van der Waals surface area contributed by atoms with Gasteiger partial charge in [-0.25, -0.2) is 0 Å². The molecule has 3 nitrogen and oxygen atoms in total. The lowest BCUT2D eigenvalue weighted by atomic mass is 9.89. The molecule has 1 rings (SSSR count). The lowest BCUT2D eigenvalue weighted by Crippen LogP contribution is -2.05. The van der Waals surface area contributed by atoms with Gasteiger partial charge in [0.2, 0.25) is 0 Å². The molecule has 0 spiro atoms. The maximum atomic E-state index is 9.66. The number of aryl methyl sites for hydroxylation is 1. The van der Waals surface area contributed by atoms with Crippen molar-refractivity contribution in [3.05, 3.63) is 28.8 Å². The molecule has 0 radical (unpaired) electrons. The quantitative estimate of drug-likeness (QED) is 0.0914. The van der Waals surface area contributed by atoms with E-state index < -0.39 is 8.60 Å². The molecule has 0 bridgehead atoms. The minimum atomic E-state index is -2.39. The Hall–Kier alpha value is -0.630. The van der Waals surface area contributed by atoms with E-state index in [1.165, 1.54) is 145 Å². The summed E-state index contributed by atoms with van der Waals surface area (Å²) in [7, 11) is -2.39. The Kier molecular flexibility index (Phi) is 22.7. The first-order valence-corrected chi connectivity index (χ1v) is 17.3. The van der Waals surface area contributed by atoms with Gasteiger partial charge in [-0.1, -0.05) is 142 Å². The van der Waals surface area contributed by atoms with Crippen molar-refractivity contribution in [3.8, 4) is 5.75 Å². The molecule has 0 fully saturated rings. The molecule has 2 N–H and O–H groups in total. The maximum Gasteiger partial charge on any atom is 0.391 e. The van der Waals surface area contributed by atoms with Crippen LogP contribution in [0.25, 0.3) is 0 Å². The normalized spacial score (nSPS) is 11.5. The molecule has 0 saturated heterocycles. The smallest absolute Gasteiger partial charge is 0.391 e. The predicted molar refractivity (Wildman–Crippen MR) is 164 cm³/mol. The number of hydrogen-bond donors (Lipinski definition) is 2. The number of hydrogen-bond acceptors (Lipinski definition) is 3. The van der Waals surface area contributed by atoms with Crippen molar-refractivity contribution in [2.75, 3.05) is 0 Å². The van der Waals surface area contributed by atoms with E-state index in [2.05, 4.69) is 26.8 Å². The minimum Gasteiger partial charge on any atom is -0.427 e. The van der Waals surface area contributed by atoms with E-state index in [4.69, 9.17) is 4.52 Å². The molecular weight excluding hydrogens is 475 g/mol. The van der Waals surface area contributed by atoms with Crippen molar-refractivity contribution < 1.29 is 14.3 Å². The summed E-state index contributed by atoms with van der Waals surface area (Å²) in [5, 5.41) is 0. The van der Waals surface area contributed by atoms with Crippen LogP contribution < -0.4 is 4.52 Å². The molecule has 0 aliphatic carbocycles. The average Bonchev–Trinajstić information content (AvgIpc) is 2.88. The first kappa shape index (κ1) is 34.4. The molecule has 0 aromatic heterocycles. The Bertz CT molecular complexity index is 647. The van der Waals surface area contributed by atoms with Gasteiger partial charge in [0.25, 0.3) is 0 Å². The van der Waals surface area contributed by atoms with Gasteiger partial charge in [0.15, 0.2) is 0 Å². The van der Waals surface area contributed by atoms with Gasteiger partial charge >= 0.3 is 8.60 Å². The fraction of sp³-hybridized carbons (Fsp3) is 0.818. The molecule has 0 amide bonds. The third-order valence-corrected chi connectivity index (χ3v) is 8.14. The highest BCUT2D eigenvalue weighted by atomic mass is 31.2. The van der Waals surface area contributed by atoms with E-state index in [1.54, 1.807) is 0 Å². The van der Waals surface area contributed by atoms with Crippen molar-refractivity contribution in [1.29, 1.82) is 0 Å². The van der Waals surface area contributed by atoms with Gasteiger partial charge in [0, 0.05) is 0 Å². The minimum absolute atomic E-state index is 0.711. The highest BCUT2D eigenvalue weighted by Gasteiger charge is 2.17. The van der Waals surface area contributed by atoms with Crippen molar-refractivity contribution in [1.82, 2.24) is 0 Å².